The Bertz CT molecular complexity index is 893. The summed E-state index contributed by atoms with van der Waals surface area (Å²) >= 11 is 0. The maximum Gasteiger partial charge on any atom is 0.246 e. The molecule has 1 unspecified atom stereocenters. The minimum absolute atomic E-state index is 0.00247. The van der Waals surface area contributed by atoms with Gasteiger partial charge in [0, 0.05) is 55.4 Å². The quantitative estimate of drug-likeness (QED) is 0.809. The van der Waals surface area contributed by atoms with Crippen molar-refractivity contribution >= 4 is 28.8 Å². The molecule has 2 aromatic rings. The molecule has 1 N–H and O–H groups in total. The second-order valence-corrected chi connectivity index (χ2v) is 7.58. The number of hydrogen-bond donors (Lipinski definition) is 1. The third-order valence-electron chi connectivity index (χ3n) is 5.55. The van der Waals surface area contributed by atoms with E-state index in [1.807, 2.05) is 48.2 Å². The molecule has 2 fully saturated rings. The normalized spacial score (nSPS) is 19.1. The van der Waals surface area contributed by atoms with E-state index < -0.39 is 0 Å². The van der Waals surface area contributed by atoms with Gasteiger partial charge in [-0.25, -0.2) is 0 Å². The second-order valence-electron chi connectivity index (χ2n) is 7.58. The Labute approximate surface area is 165 Å². The van der Waals surface area contributed by atoms with E-state index >= 15 is 0 Å². The fourth-order valence-corrected chi connectivity index (χ4v) is 3.57. The van der Waals surface area contributed by atoms with Gasteiger partial charge in [0.25, 0.3) is 0 Å². The molecule has 1 aliphatic carbocycles. The van der Waals surface area contributed by atoms with Gasteiger partial charge in [-0.05, 0) is 31.9 Å². The SMILES string of the molecule is CC(C(=O)NC1CC1)N1CCN(C(=O)/C=C/c2cccc3cccnc23)CC1. The standard InChI is InChI=1S/C22H26N4O2/c1-16(22(28)24-19-8-9-19)25-12-14-26(15-13-25)20(27)10-7-18-5-2-4-17-6-3-11-23-21(17)18/h2-7,10-11,16,19H,8-9,12-15H2,1H3,(H,24,28)/b10-7+. The first kappa shape index (κ1) is 18.6. The summed E-state index contributed by atoms with van der Waals surface area (Å²) in [6.45, 7) is 4.65. The zero-order valence-electron chi connectivity index (χ0n) is 16.2. The highest BCUT2D eigenvalue weighted by molar-refractivity contribution is 5.95. The lowest BCUT2D eigenvalue weighted by molar-refractivity contribution is -0.130. The molecule has 1 aromatic heterocycles. The molecule has 2 heterocycles. The number of benzene rings is 1. The number of nitrogens with zero attached hydrogens (tertiary/aromatic N) is 3. The number of amides is 2. The Morgan fingerprint density at radius 1 is 1.14 bits per heavy atom. The maximum atomic E-state index is 12.6. The van der Waals surface area contributed by atoms with Crippen LogP contribution in [0.3, 0.4) is 0 Å². The van der Waals surface area contributed by atoms with Gasteiger partial charge < -0.3 is 10.2 Å². The van der Waals surface area contributed by atoms with Crippen LogP contribution in [0.15, 0.2) is 42.6 Å². The molecule has 1 saturated heterocycles. The van der Waals surface area contributed by atoms with Crippen LogP contribution in [0.2, 0.25) is 0 Å². The Morgan fingerprint density at radius 3 is 2.64 bits per heavy atom. The van der Waals surface area contributed by atoms with E-state index in [9.17, 15) is 9.59 Å². The highest BCUT2D eigenvalue weighted by atomic mass is 16.2. The monoisotopic (exact) mass is 378 g/mol. The molecule has 1 aliphatic heterocycles. The van der Waals surface area contributed by atoms with Gasteiger partial charge in [-0.15, -0.1) is 0 Å². The summed E-state index contributed by atoms with van der Waals surface area (Å²) in [6, 6.07) is 10.1. The number of aromatic nitrogens is 1. The Kier molecular flexibility index (Phi) is 5.39. The maximum absolute atomic E-state index is 12.6. The molecule has 4 rings (SSSR count). The van der Waals surface area contributed by atoms with E-state index in [2.05, 4.69) is 15.2 Å². The van der Waals surface area contributed by atoms with E-state index in [1.165, 1.54) is 0 Å². The lowest BCUT2D eigenvalue weighted by Crippen LogP contribution is -2.55. The molecule has 1 saturated carbocycles. The first-order valence-corrected chi connectivity index (χ1v) is 9.97. The molecule has 2 amide bonds. The first-order chi connectivity index (χ1) is 13.6. The summed E-state index contributed by atoms with van der Waals surface area (Å²) in [7, 11) is 0. The summed E-state index contributed by atoms with van der Waals surface area (Å²) in [5.41, 5.74) is 1.84. The van der Waals surface area contributed by atoms with E-state index in [4.69, 9.17) is 0 Å². The summed E-state index contributed by atoms with van der Waals surface area (Å²) < 4.78 is 0. The molecule has 1 aromatic carbocycles. The Morgan fingerprint density at radius 2 is 1.89 bits per heavy atom. The van der Waals surface area contributed by atoms with Gasteiger partial charge in [-0.2, -0.15) is 0 Å². The van der Waals surface area contributed by atoms with Crippen LogP contribution >= 0.6 is 0 Å². The Balaban J connectivity index is 1.33. The van der Waals surface area contributed by atoms with Gasteiger partial charge in [-0.1, -0.05) is 24.3 Å². The molecule has 0 bridgehead atoms. The average Bonchev–Trinajstić information content (AvgIpc) is 3.55. The highest BCUT2D eigenvalue weighted by Crippen LogP contribution is 2.20. The minimum Gasteiger partial charge on any atom is -0.352 e. The number of para-hydroxylation sites is 1. The van der Waals surface area contributed by atoms with Crippen LogP contribution in [0.4, 0.5) is 0 Å². The minimum atomic E-state index is -0.143. The molecular weight excluding hydrogens is 352 g/mol. The predicted octanol–water partition coefficient (Wildman–Crippen LogP) is 2.06. The smallest absolute Gasteiger partial charge is 0.246 e. The third-order valence-corrected chi connectivity index (χ3v) is 5.55. The van der Waals surface area contributed by atoms with Crippen LogP contribution in [0, 0.1) is 0 Å². The highest BCUT2D eigenvalue weighted by Gasteiger charge is 2.30. The fourth-order valence-electron chi connectivity index (χ4n) is 3.57. The van der Waals surface area contributed by atoms with Crippen LogP contribution in [-0.2, 0) is 9.59 Å². The molecule has 2 aliphatic rings. The lowest BCUT2D eigenvalue weighted by Gasteiger charge is -2.37. The molecule has 6 nitrogen and oxygen atoms in total. The Hall–Kier alpha value is -2.73. The van der Waals surface area contributed by atoms with Crippen molar-refractivity contribution in [2.45, 2.75) is 31.8 Å². The van der Waals surface area contributed by atoms with Gasteiger partial charge in [0.2, 0.25) is 11.8 Å². The van der Waals surface area contributed by atoms with Gasteiger partial charge in [-0.3, -0.25) is 19.5 Å². The number of fused-ring (bicyclic) bond motifs is 1. The lowest BCUT2D eigenvalue weighted by atomic mass is 10.1. The molecule has 28 heavy (non-hydrogen) atoms. The van der Waals surface area contributed by atoms with Gasteiger partial charge in [0.15, 0.2) is 0 Å². The molecule has 1 atom stereocenters. The molecular formula is C22H26N4O2. The van der Waals surface area contributed by atoms with Gasteiger partial charge in [0.05, 0.1) is 11.6 Å². The largest absolute Gasteiger partial charge is 0.352 e. The van der Waals surface area contributed by atoms with Crippen LogP contribution in [0.1, 0.15) is 25.3 Å². The van der Waals surface area contributed by atoms with Crippen molar-refractivity contribution < 1.29 is 9.59 Å². The number of nitrogens with one attached hydrogen (secondary N) is 1. The van der Waals surface area contributed by atoms with Crippen molar-refractivity contribution in [2.24, 2.45) is 0 Å². The van der Waals surface area contributed by atoms with E-state index in [1.54, 1.807) is 12.3 Å². The number of rotatable bonds is 5. The van der Waals surface area contributed by atoms with E-state index in [0.717, 1.165) is 29.3 Å². The van der Waals surface area contributed by atoms with Crippen molar-refractivity contribution in [3.63, 3.8) is 0 Å². The molecule has 0 spiro atoms. The fraction of sp³-hybridized carbons (Fsp3) is 0.409. The number of carbonyl (C=O) groups excluding carboxylic acids is 2. The van der Waals surface area contributed by atoms with Crippen LogP contribution in [0.25, 0.3) is 17.0 Å². The summed E-state index contributed by atoms with van der Waals surface area (Å²) in [5, 5.41) is 4.12. The van der Waals surface area contributed by atoms with Gasteiger partial charge in [0.1, 0.15) is 0 Å². The topological polar surface area (TPSA) is 65.5 Å². The third kappa shape index (κ3) is 4.22. The number of pyridine rings is 1. The van der Waals surface area contributed by atoms with Crippen LogP contribution in [-0.4, -0.2) is 64.9 Å². The van der Waals surface area contributed by atoms with Crippen molar-refractivity contribution in [3.05, 3.63) is 48.2 Å². The van der Waals surface area contributed by atoms with Crippen molar-refractivity contribution in [1.82, 2.24) is 20.1 Å². The summed E-state index contributed by atoms with van der Waals surface area (Å²) in [5.74, 6) is 0.105. The zero-order valence-corrected chi connectivity index (χ0v) is 16.2. The second kappa shape index (κ2) is 8.10. The van der Waals surface area contributed by atoms with Gasteiger partial charge >= 0.3 is 0 Å². The van der Waals surface area contributed by atoms with Crippen LogP contribution in [0.5, 0.6) is 0 Å². The zero-order chi connectivity index (χ0) is 19.5. The molecule has 146 valence electrons. The number of hydrogen-bond acceptors (Lipinski definition) is 4. The average molecular weight is 378 g/mol. The molecule has 0 radical (unpaired) electrons. The van der Waals surface area contributed by atoms with E-state index in [0.29, 0.717) is 32.2 Å². The molecule has 6 heteroatoms. The summed E-state index contributed by atoms with van der Waals surface area (Å²) in [4.78, 5) is 33.2. The summed E-state index contributed by atoms with van der Waals surface area (Å²) in [6.07, 6.45) is 7.43. The van der Waals surface area contributed by atoms with Crippen molar-refractivity contribution in [3.8, 4) is 0 Å². The van der Waals surface area contributed by atoms with Crippen LogP contribution < -0.4 is 5.32 Å². The predicted molar refractivity (Wildman–Crippen MR) is 110 cm³/mol. The van der Waals surface area contributed by atoms with Crippen molar-refractivity contribution in [2.75, 3.05) is 26.2 Å². The van der Waals surface area contributed by atoms with E-state index in [-0.39, 0.29) is 17.9 Å². The van der Waals surface area contributed by atoms with Crippen molar-refractivity contribution in [1.29, 1.82) is 0 Å². The number of carbonyl (C=O) groups is 2. The first-order valence-electron chi connectivity index (χ1n) is 9.97. The number of piperazine rings is 1.